The van der Waals surface area contributed by atoms with Gasteiger partial charge in [-0.3, -0.25) is 0 Å². The van der Waals surface area contributed by atoms with E-state index in [1.54, 1.807) is 18.2 Å². The molecule has 0 bridgehead atoms. The van der Waals surface area contributed by atoms with Crippen molar-refractivity contribution in [3.8, 4) is 5.75 Å². The molecule has 1 N–H and O–H groups in total. The molecule has 2 rings (SSSR count). The van der Waals surface area contributed by atoms with E-state index in [2.05, 4.69) is 15.9 Å². The smallest absolute Gasteiger partial charge is 0.336 e. The van der Waals surface area contributed by atoms with Crippen LogP contribution in [0.3, 0.4) is 0 Å². The Balaban J connectivity index is 2.53. The van der Waals surface area contributed by atoms with Crippen molar-refractivity contribution in [2.45, 2.75) is 6.92 Å². The summed E-state index contributed by atoms with van der Waals surface area (Å²) in [6.07, 6.45) is 1.63. The summed E-state index contributed by atoms with van der Waals surface area (Å²) in [4.78, 5) is 11.5. The predicted molar refractivity (Wildman–Crippen MR) is 87.3 cm³/mol. The fourth-order valence-electron chi connectivity index (χ4n) is 1.96. The number of aliphatic carboxylic acids is 1. The number of ether oxygens (including phenoxy) is 1. The van der Waals surface area contributed by atoms with E-state index in [1.807, 2.05) is 43.3 Å². The average molecular weight is 347 g/mol. The molecule has 0 aliphatic heterocycles. The summed E-state index contributed by atoms with van der Waals surface area (Å²) >= 11 is 3.40. The Morgan fingerprint density at radius 1 is 1.24 bits per heavy atom. The molecule has 0 amide bonds. The van der Waals surface area contributed by atoms with Crippen molar-refractivity contribution in [2.24, 2.45) is 0 Å². The van der Waals surface area contributed by atoms with E-state index in [0.29, 0.717) is 17.9 Å². The molecule has 0 aromatic heterocycles. The molecule has 0 radical (unpaired) electrons. The van der Waals surface area contributed by atoms with Gasteiger partial charge in [0.25, 0.3) is 0 Å². The summed E-state index contributed by atoms with van der Waals surface area (Å²) in [6, 6.07) is 14.6. The van der Waals surface area contributed by atoms with Crippen molar-refractivity contribution in [1.82, 2.24) is 0 Å². The van der Waals surface area contributed by atoms with Crippen LogP contribution in [0.1, 0.15) is 18.1 Å². The number of carboxylic acids is 1. The standard InChI is InChI=1S/C17H15BrO3/c1-2-21-16-9-8-14(18)10-13(16)11-15(17(19)20)12-6-4-3-5-7-12/h3-11H,2H2,1H3,(H,19,20)/b15-11-. The molecule has 0 aliphatic carbocycles. The summed E-state index contributed by atoms with van der Waals surface area (Å²) in [6.45, 7) is 2.42. The highest BCUT2D eigenvalue weighted by atomic mass is 79.9. The lowest BCUT2D eigenvalue weighted by Crippen LogP contribution is -2.00. The zero-order valence-corrected chi connectivity index (χ0v) is 13.1. The first-order valence-electron chi connectivity index (χ1n) is 6.54. The summed E-state index contributed by atoms with van der Waals surface area (Å²) < 4.78 is 6.42. The largest absolute Gasteiger partial charge is 0.493 e. The Morgan fingerprint density at radius 3 is 2.57 bits per heavy atom. The predicted octanol–water partition coefficient (Wildman–Crippen LogP) is 4.47. The first-order chi connectivity index (χ1) is 10.1. The van der Waals surface area contributed by atoms with Crippen molar-refractivity contribution in [3.05, 3.63) is 64.1 Å². The molecule has 0 spiro atoms. The third-order valence-corrected chi connectivity index (χ3v) is 3.38. The Kier molecular flexibility index (Phi) is 5.17. The lowest BCUT2D eigenvalue weighted by molar-refractivity contribution is -0.130. The Morgan fingerprint density at radius 2 is 1.95 bits per heavy atom. The van der Waals surface area contributed by atoms with Crippen molar-refractivity contribution in [2.75, 3.05) is 6.61 Å². The Bertz CT molecular complexity index is 663. The molecule has 2 aromatic rings. The highest BCUT2D eigenvalue weighted by Crippen LogP contribution is 2.28. The van der Waals surface area contributed by atoms with E-state index in [-0.39, 0.29) is 5.57 Å². The molecule has 0 atom stereocenters. The third-order valence-electron chi connectivity index (χ3n) is 2.89. The fraction of sp³-hybridized carbons (Fsp3) is 0.118. The maximum atomic E-state index is 11.5. The van der Waals surface area contributed by atoms with Gasteiger partial charge in [-0.15, -0.1) is 0 Å². The molecule has 4 heteroatoms. The van der Waals surface area contributed by atoms with Gasteiger partial charge in [0.1, 0.15) is 5.75 Å². The van der Waals surface area contributed by atoms with Crippen LogP contribution in [0.25, 0.3) is 11.6 Å². The minimum Gasteiger partial charge on any atom is -0.493 e. The molecule has 0 saturated carbocycles. The van der Waals surface area contributed by atoms with Crippen LogP contribution in [0, 0.1) is 0 Å². The van der Waals surface area contributed by atoms with Crippen LogP contribution in [0.2, 0.25) is 0 Å². The molecule has 3 nitrogen and oxygen atoms in total. The van der Waals surface area contributed by atoms with Gasteiger partial charge in [-0.05, 0) is 36.8 Å². The summed E-state index contributed by atoms with van der Waals surface area (Å²) in [5.41, 5.74) is 1.62. The van der Waals surface area contributed by atoms with Crippen LogP contribution in [0.5, 0.6) is 5.75 Å². The summed E-state index contributed by atoms with van der Waals surface area (Å²) in [5, 5.41) is 9.46. The van der Waals surface area contributed by atoms with Gasteiger partial charge in [-0.25, -0.2) is 4.79 Å². The topological polar surface area (TPSA) is 46.5 Å². The molecule has 0 heterocycles. The lowest BCUT2D eigenvalue weighted by atomic mass is 10.0. The Hall–Kier alpha value is -2.07. The van der Waals surface area contributed by atoms with Gasteiger partial charge < -0.3 is 9.84 Å². The van der Waals surface area contributed by atoms with Gasteiger partial charge in [0.2, 0.25) is 0 Å². The molecular weight excluding hydrogens is 332 g/mol. The number of carbonyl (C=O) groups is 1. The third kappa shape index (κ3) is 3.95. The number of hydrogen-bond donors (Lipinski definition) is 1. The fourth-order valence-corrected chi connectivity index (χ4v) is 2.34. The maximum absolute atomic E-state index is 11.5. The van der Waals surface area contributed by atoms with Gasteiger partial charge in [0.05, 0.1) is 12.2 Å². The first-order valence-corrected chi connectivity index (χ1v) is 7.34. The van der Waals surface area contributed by atoms with E-state index >= 15 is 0 Å². The molecule has 2 aromatic carbocycles. The second kappa shape index (κ2) is 7.09. The minimum absolute atomic E-state index is 0.231. The van der Waals surface area contributed by atoms with Crippen LogP contribution in [-0.4, -0.2) is 17.7 Å². The monoisotopic (exact) mass is 346 g/mol. The van der Waals surface area contributed by atoms with Crippen molar-refractivity contribution >= 4 is 33.5 Å². The normalized spacial score (nSPS) is 11.2. The molecule has 108 valence electrons. The molecule has 0 saturated heterocycles. The van der Waals surface area contributed by atoms with E-state index in [9.17, 15) is 9.90 Å². The first kappa shape index (κ1) is 15.3. The van der Waals surface area contributed by atoms with Crippen LogP contribution in [-0.2, 0) is 4.79 Å². The van der Waals surface area contributed by atoms with Crippen LogP contribution < -0.4 is 4.74 Å². The highest BCUT2D eigenvalue weighted by molar-refractivity contribution is 9.10. The van der Waals surface area contributed by atoms with E-state index in [4.69, 9.17) is 4.74 Å². The number of halogens is 1. The number of benzene rings is 2. The van der Waals surface area contributed by atoms with Gasteiger partial charge >= 0.3 is 5.97 Å². The second-order valence-electron chi connectivity index (χ2n) is 4.34. The summed E-state index contributed by atoms with van der Waals surface area (Å²) in [5.74, 6) is -0.306. The molecule has 0 unspecified atom stereocenters. The highest BCUT2D eigenvalue weighted by Gasteiger charge is 2.12. The van der Waals surface area contributed by atoms with Crippen LogP contribution in [0.4, 0.5) is 0 Å². The van der Waals surface area contributed by atoms with Crippen LogP contribution >= 0.6 is 15.9 Å². The summed E-state index contributed by atoms with van der Waals surface area (Å²) in [7, 11) is 0. The maximum Gasteiger partial charge on any atom is 0.336 e. The minimum atomic E-state index is -0.969. The molecular formula is C17H15BrO3. The molecule has 21 heavy (non-hydrogen) atoms. The van der Waals surface area contributed by atoms with E-state index in [0.717, 1.165) is 10.0 Å². The number of carboxylic acid groups (broad SMARTS) is 1. The SMILES string of the molecule is CCOc1ccc(Br)cc1/C=C(\C(=O)O)c1ccccc1. The van der Waals surface area contributed by atoms with Crippen molar-refractivity contribution in [1.29, 1.82) is 0 Å². The molecule has 0 fully saturated rings. The van der Waals surface area contributed by atoms with Gasteiger partial charge in [0, 0.05) is 10.0 Å². The van der Waals surface area contributed by atoms with E-state index in [1.165, 1.54) is 0 Å². The Labute approximate surface area is 132 Å². The van der Waals surface area contributed by atoms with Crippen LogP contribution in [0.15, 0.2) is 53.0 Å². The van der Waals surface area contributed by atoms with Crippen molar-refractivity contribution in [3.63, 3.8) is 0 Å². The lowest BCUT2D eigenvalue weighted by Gasteiger charge is -2.09. The van der Waals surface area contributed by atoms with Gasteiger partial charge in [0.15, 0.2) is 0 Å². The van der Waals surface area contributed by atoms with E-state index < -0.39 is 5.97 Å². The zero-order chi connectivity index (χ0) is 15.2. The average Bonchev–Trinajstić information content (AvgIpc) is 2.48. The molecule has 0 aliphatic rings. The second-order valence-corrected chi connectivity index (χ2v) is 5.26. The zero-order valence-electron chi connectivity index (χ0n) is 11.5. The number of rotatable bonds is 5. The van der Waals surface area contributed by atoms with Gasteiger partial charge in [-0.2, -0.15) is 0 Å². The number of hydrogen-bond acceptors (Lipinski definition) is 2. The van der Waals surface area contributed by atoms with Crippen molar-refractivity contribution < 1.29 is 14.6 Å². The van der Waals surface area contributed by atoms with Gasteiger partial charge in [-0.1, -0.05) is 46.3 Å². The quantitative estimate of drug-likeness (QED) is 0.641.